The Bertz CT molecular complexity index is 405. The molecule has 2 N–H and O–H groups in total. The van der Waals surface area contributed by atoms with Gasteiger partial charge in [0.15, 0.2) is 0 Å². The third-order valence-electron chi connectivity index (χ3n) is 3.33. The SMILES string of the molecule is CC(N)c1cc(Br)ccc1OCCN(C)C1CC1. The first kappa shape index (κ1) is 13.8. The summed E-state index contributed by atoms with van der Waals surface area (Å²) in [7, 11) is 2.16. The predicted molar refractivity (Wildman–Crippen MR) is 77.9 cm³/mol. The molecule has 1 aromatic carbocycles. The number of ether oxygens (including phenoxy) is 1. The number of rotatable bonds is 6. The molecule has 1 fully saturated rings. The van der Waals surface area contributed by atoms with Crippen molar-refractivity contribution in [2.24, 2.45) is 5.73 Å². The Kier molecular flexibility index (Phi) is 4.65. The van der Waals surface area contributed by atoms with Gasteiger partial charge in [-0.3, -0.25) is 0 Å². The third kappa shape index (κ3) is 3.70. The molecule has 100 valence electrons. The van der Waals surface area contributed by atoms with Crippen molar-refractivity contribution in [1.82, 2.24) is 4.90 Å². The molecule has 1 aliphatic rings. The largest absolute Gasteiger partial charge is 0.492 e. The number of hydrogen-bond acceptors (Lipinski definition) is 3. The Morgan fingerprint density at radius 1 is 1.50 bits per heavy atom. The summed E-state index contributed by atoms with van der Waals surface area (Å²) in [6, 6.07) is 6.78. The number of benzene rings is 1. The Hall–Kier alpha value is -0.580. The molecule has 1 aromatic rings. The molecule has 0 aliphatic heterocycles. The van der Waals surface area contributed by atoms with Gasteiger partial charge in [0.25, 0.3) is 0 Å². The van der Waals surface area contributed by atoms with E-state index < -0.39 is 0 Å². The van der Waals surface area contributed by atoms with Crippen LogP contribution in [0.2, 0.25) is 0 Å². The second kappa shape index (κ2) is 6.04. The molecule has 0 amide bonds. The average Bonchev–Trinajstić information content (AvgIpc) is 3.14. The van der Waals surface area contributed by atoms with Crippen molar-refractivity contribution < 1.29 is 4.74 Å². The Morgan fingerprint density at radius 2 is 2.22 bits per heavy atom. The van der Waals surface area contributed by atoms with Gasteiger partial charge in [-0.25, -0.2) is 0 Å². The molecule has 0 heterocycles. The minimum absolute atomic E-state index is 0.0151. The number of halogens is 1. The van der Waals surface area contributed by atoms with Crippen molar-refractivity contribution in [3.8, 4) is 5.75 Å². The van der Waals surface area contributed by atoms with E-state index in [1.54, 1.807) is 0 Å². The maximum Gasteiger partial charge on any atom is 0.124 e. The summed E-state index contributed by atoms with van der Waals surface area (Å²) in [6.45, 7) is 3.67. The Balaban J connectivity index is 1.91. The van der Waals surface area contributed by atoms with Gasteiger partial charge in [-0.1, -0.05) is 15.9 Å². The summed E-state index contributed by atoms with van der Waals surface area (Å²) in [6.07, 6.45) is 2.67. The predicted octanol–water partition coefficient (Wildman–Crippen LogP) is 2.94. The summed E-state index contributed by atoms with van der Waals surface area (Å²) >= 11 is 3.46. The standard InChI is InChI=1S/C14H21BrN2O/c1-10(16)13-9-11(15)3-6-14(13)18-8-7-17(2)12-4-5-12/h3,6,9-10,12H,4-5,7-8,16H2,1-2H3. The van der Waals surface area contributed by atoms with Gasteiger partial charge in [0.05, 0.1) is 0 Å². The lowest BCUT2D eigenvalue weighted by Crippen LogP contribution is -2.26. The lowest BCUT2D eigenvalue weighted by atomic mass is 10.1. The fourth-order valence-electron chi connectivity index (χ4n) is 2.00. The first-order valence-electron chi connectivity index (χ1n) is 6.46. The van der Waals surface area contributed by atoms with Crippen LogP contribution in [0.5, 0.6) is 5.75 Å². The first-order valence-corrected chi connectivity index (χ1v) is 7.25. The zero-order valence-electron chi connectivity index (χ0n) is 11.0. The molecule has 1 unspecified atom stereocenters. The van der Waals surface area contributed by atoms with Crippen molar-refractivity contribution in [2.45, 2.75) is 31.8 Å². The molecule has 0 spiro atoms. The van der Waals surface area contributed by atoms with E-state index in [9.17, 15) is 0 Å². The zero-order valence-corrected chi connectivity index (χ0v) is 12.6. The van der Waals surface area contributed by atoms with Crippen LogP contribution in [0.15, 0.2) is 22.7 Å². The van der Waals surface area contributed by atoms with Crippen LogP contribution in [0.1, 0.15) is 31.4 Å². The molecule has 0 aromatic heterocycles. The normalized spacial score (nSPS) is 16.9. The molecule has 0 saturated heterocycles. The highest BCUT2D eigenvalue weighted by Gasteiger charge is 2.25. The second-order valence-electron chi connectivity index (χ2n) is 5.03. The van der Waals surface area contributed by atoms with E-state index in [-0.39, 0.29) is 6.04 Å². The van der Waals surface area contributed by atoms with E-state index in [1.807, 2.05) is 25.1 Å². The lowest BCUT2D eigenvalue weighted by molar-refractivity contribution is 0.230. The quantitative estimate of drug-likeness (QED) is 0.877. The Morgan fingerprint density at radius 3 is 2.83 bits per heavy atom. The van der Waals surface area contributed by atoms with Gasteiger partial charge in [0.1, 0.15) is 12.4 Å². The van der Waals surface area contributed by atoms with E-state index in [0.29, 0.717) is 6.61 Å². The molecule has 1 atom stereocenters. The monoisotopic (exact) mass is 312 g/mol. The van der Waals surface area contributed by atoms with Crippen LogP contribution >= 0.6 is 15.9 Å². The molecule has 18 heavy (non-hydrogen) atoms. The van der Waals surface area contributed by atoms with E-state index in [0.717, 1.165) is 28.4 Å². The van der Waals surface area contributed by atoms with Gasteiger partial charge in [0, 0.05) is 28.7 Å². The van der Waals surface area contributed by atoms with Gasteiger partial charge in [-0.2, -0.15) is 0 Å². The van der Waals surface area contributed by atoms with Crippen LogP contribution in [-0.2, 0) is 0 Å². The lowest BCUT2D eigenvalue weighted by Gasteiger charge is -2.18. The highest BCUT2D eigenvalue weighted by Crippen LogP contribution is 2.28. The van der Waals surface area contributed by atoms with Gasteiger partial charge >= 0.3 is 0 Å². The maximum atomic E-state index is 5.96. The summed E-state index contributed by atoms with van der Waals surface area (Å²) in [5.41, 5.74) is 7.02. The van der Waals surface area contributed by atoms with Crippen LogP contribution in [-0.4, -0.2) is 31.1 Å². The molecule has 3 nitrogen and oxygen atoms in total. The van der Waals surface area contributed by atoms with E-state index >= 15 is 0 Å². The summed E-state index contributed by atoms with van der Waals surface area (Å²) in [5, 5.41) is 0. The molecular weight excluding hydrogens is 292 g/mol. The number of nitrogens with zero attached hydrogens (tertiary/aromatic N) is 1. The smallest absolute Gasteiger partial charge is 0.124 e. The topological polar surface area (TPSA) is 38.5 Å². The van der Waals surface area contributed by atoms with Gasteiger partial charge in [-0.15, -0.1) is 0 Å². The third-order valence-corrected chi connectivity index (χ3v) is 3.83. The highest BCUT2D eigenvalue weighted by atomic mass is 79.9. The van der Waals surface area contributed by atoms with Crippen LogP contribution in [0.25, 0.3) is 0 Å². The minimum atomic E-state index is -0.0151. The molecule has 2 rings (SSSR count). The molecular formula is C14H21BrN2O. The molecule has 1 aliphatic carbocycles. The fourth-order valence-corrected chi connectivity index (χ4v) is 2.38. The molecule has 4 heteroatoms. The summed E-state index contributed by atoms with van der Waals surface area (Å²) in [5.74, 6) is 0.900. The van der Waals surface area contributed by atoms with E-state index in [4.69, 9.17) is 10.5 Å². The van der Waals surface area contributed by atoms with Crippen molar-refractivity contribution >= 4 is 15.9 Å². The molecule has 1 saturated carbocycles. The van der Waals surface area contributed by atoms with E-state index in [1.165, 1.54) is 12.8 Å². The molecule has 0 bridgehead atoms. The number of likely N-dealkylation sites (N-methyl/N-ethyl adjacent to an activating group) is 1. The van der Waals surface area contributed by atoms with Crippen molar-refractivity contribution in [3.63, 3.8) is 0 Å². The Labute approximate surface area is 117 Å². The first-order chi connectivity index (χ1) is 8.58. The van der Waals surface area contributed by atoms with Gasteiger partial charge in [-0.05, 0) is 45.0 Å². The average molecular weight is 313 g/mol. The van der Waals surface area contributed by atoms with Crippen LogP contribution in [0.3, 0.4) is 0 Å². The van der Waals surface area contributed by atoms with Crippen LogP contribution < -0.4 is 10.5 Å². The van der Waals surface area contributed by atoms with Crippen molar-refractivity contribution in [2.75, 3.05) is 20.2 Å². The molecule has 0 radical (unpaired) electrons. The minimum Gasteiger partial charge on any atom is -0.492 e. The number of nitrogens with two attached hydrogens (primary N) is 1. The van der Waals surface area contributed by atoms with Gasteiger partial charge in [0.2, 0.25) is 0 Å². The summed E-state index contributed by atoms with van der Waals surface area (Å²) in [4.78, 5) is 2.37. The summed E-state index contributed by atoms with van der Waals surface area (Å²) < 4.78 is 6.90. The fraction of sp³-hybridized carbons (Fsp3) is 0.571. The van der Waals surface area contributed by atoms with Crippen molar-refractivity contribution in [3.05, 3.63) is 28.2 Å². The van der Waals surface area contributed by atoms with Crippen LogP contribution in [0, 0.1) is 0 Å². The van der Waals surface area contributed by atoms with E-state index in [2.05, 4.69) is 27.9 Å². The maximum absolute atomic E-state index is 5.96. The van der Waals surface area contributed by atoms with Crippen molar-refractivity contribution in [1.29, 1.82) is 0 Å². The zero-order chi connectivity index (χ0) is 13.1. The highest BCUT2D eigenvalue weighted by molar-refractivity contribution is 9.10. The second-order valence-corrected chi connectivity index (χ2v) is 5.95. The van der Waals surface area contributed by atoms with Gasteiger partial charge < -0.3 is 15.4 Å². The van der Waals surface area contributed by atoms with Crippen LogP contribution in [0.4, 0.5) is 0 Å². The number of hydrogen-bond donors (Lipinski definition) is 1.